The molecule has 1 aromatic carbocycles. The maximum Gasteiger partial charge on any atom is 0.243 e. The fraction of sp³-hybridized carbons (Fsp3) is 0.667. The molecule has 1 atom stereocenters. The molecule has 0 spiro atoms. The first kappa shape index (κ1) is 22.2. The van der Waals surface area contributed by atoms with Crippen LogP contribution in [0.1, 0.15) is 29.5 Å². The van der Waals surface area contributed by atoms with Gasteiger partial charge < -0.3 is 10.1 Å². The van der Waals surface area contributed by atoms with Crippen LogP contribution in [-0.4, -0.2) is 76.0 Å². The lowest BCUT2D eigenvalue weighted by Crippen LogP contribution is -2.47. The van der Waals surface area contributed by atoms with Gasteiger partial charge in [0.2, 0.25) is 15.9 Å². The summed E-state index contributed by atoms with van der Waals surface area (Å²) in [5.74, 6) is -0.343. The summed E-state index contributed by atoms with van der Waals surface area (Å²) < 4.78 is 33.4. The molecular formula is C21H33N3O4S. The molecule has 2 aliphatic heterocycles. The van der Waals surface area contributed by atoms with Crippen molar-refractivity contribution in [3.05, 3.63) is 28.8 Å². The molecule has 1 aromatic rings. The van der Waals surface area contributed by atoms with Crippen molar-refractivity contribution in [1.29, 1.82) is 0 Å². The van der Waals surface area contributed by atoms with Gasteiger partial charge in [0.25, 0.3) is 0 Å². The summed E-state index contributed by atoms with van der Waals surface area (Å²) in [6.45, 7) is 11.0. The third-order valence-corrected chi connectivity index (χ3v) is 7.96. The number of benzene rings is 1. The minimum absolute atomic E-state index is 0.0458. The molecule has 29 heavy (non-hydrogen) atoms. The van der Waals surface area contributed by atoms with Crippen molar-refractivity contribution in [1.82, 2.24) is 14.5 Å². The highest BCUT2D eigenvalue weighted by atomic mass is 32.2. The number of piperidine rings is 1. The van der Waals surface area contributed by atoms with Gasteiger partial charge in [0, 0.05) is 39.3 Å². The summed E-state index contributed by atoms with van der Waals surface area (Å²) >= 11 is 0. The molecule has 0 radical (unpaired) electrons. The van der Waals surface area contributed by atoms with Gasteiger partial charge in [0.15, 0.2) is 0 Å². The molecule has 162 valence electrons. The van der Waals surface area contributed by atoms with Gasteiger partial charge in [-0.05, 0) is 44.7 Å². The molecular weight excluding hydrogens is 390 g/mol. The number of ether oxygens (including phenoxy) is 1. The van der Waals surface area contributed by atoms with E-state index in [-0.39, 0.29) is 18.4 Å². The Morgan fingerprint density at radius 2 is 1.79 bits per heavy atom. The van der Waals surface area contributed by atoms with Crippen molar-refractivity contribution in [2.45, 2.75) is 38.5 Å². The van der Waals surface area contributed by atoms with Gasteiger partial charge in [-0.2, -0.15) is 4.31 Å². The zero-order chi connectivity index (χ0) is 21.0. The maximum absolute atomic E-state index is 13.3. The molecule has 2 saturated heterocycles. The number of nitrogens with zero attached hydrogens (tertiary/aromatic N) is 2. The first-order chi connectivity index (χ1) is 13.8. The molecule has 8 heteroatoms. The van der Waals surface area contributed by atoms with E-state index in [4.69, 9.17) is 4.74 Å². The molecule has 3 rings (SSSR count). The number of rotatable bonds is 6. The Labute approximate surface area is 174 Å². The van der Waals surface area contributed by atoms with Crippen LogP contribution in [0.15, 0.2) is 17.0 Å². The van der Waals surface area contributed by atoms with Crippen LogP contribution in [-0.2, 0) is 19.6 Å². The van der Waals surface area contributed by atoms with Gasteiger partial charge in [-0.3, -0.25) is 9.69 Å². The predicted octanol–water partition coefficient (Wildman–Crippen LogP) is 1.46. The van der Waals surface area contributed by atoms with Crippen molar-refractivity contribution in [2.24, 2.45) is 5.92 Å². The van der Waals surface area contributed by atoms with Crippen LogP contribution in [0.2, 0.25) is 0 Å². The Morgan fingerprint density at radius 1 is 1.14 bits per heavy atom. The van der Waals surface area contributed by atoms with E-state index in [2.05, 4.69) is 10.2 Å². The highest BCUT2D eigenvalue weighted by Gasteiger charge is 2.34. The van der Waals surface area contributed by atoms with Crippen LogP contribution in [0, 0.1) is 26.7 Å². The smallest absolute Gasteiger partial charge is 0.243 e. The van der Waals surface area contributed by atoms with Crippen LogP contribution in [0.5, 0.6) is 0 Å². The summed E-state index contributed by atoms with van der Waals surface area (Å²) in [5, 5.41) is 3.00. The maximum atomic E-state index is 13.3. The second kappa shape index (κ2) is 9.55. The van der Waals surface area contributed by atoms with Gasteiger partial charge in [0.05, 0.1) is 24.0 Å². The van der Waals surface area contributed by atoms with Crippen LogP contribution in [0.3, 0.4) is 0 Å². The quantitative estimate of drug-likeness (QED) is 0.750. The summed E-state index contributed by atoms with van der Waals surface area (Å²) in [7, 11) is -3.61. The molecule has 0 bridgehead atoms. The third-order valence-electron chi connectivity index (χ3n) is 5.79. The molecule has 7 nitrogen and oxygen atoms in total. The molecule has 0 saturated carbocycles. The largest absolute Gasteiger partial charge is 0.379 e. The van der Waals surface area contributed by atoms with E-state index in [9.17, 15) is 13.2 Å². The number of morpholine rings is 1. The lowest BCUT2D eigenvalue weighted by molar-refractivity contribution is -0.126. The van der Waals surface area contributed by atoms with E-state index < -0.39 is 10.0 Å². The Bertz CT molecular complexity index is 811. The molecule has 0 aliphatic carbocycles. The molecule has 2 fully saturated rings. The van der Waals surface area contributed by atoms with E-state index in [1.807, 2.05) is 32.9 Å². The normalized spacial score (nSPS) is 21.8. The Kier molecular flexibility index (Phi) is 7.32. The van der Waals surface area contributed by atoms with Crippen molar-refractivity contribution in [3.63, 3.8) is 0 Å². The van der Waals surface area contributed by atoms with Crippen LogP contribution in [0.4, 0.5) is 0 Å². The molecule has 1 amide bonds. The molecule has 2 heterocycles. The lowest BCUT2D eigenvalue weighted by atomic mass is 9.99. The Morgan fingerprint density at radius 3 is 2.45 bits per heavy atom. The summed E-state index contributed by atoms with van der Waals surface area (Å²) in [6.07, 6.45) is 1.42. The number of hydrogen-bond acceptors (Lipinski definition) is 5. The number of aryl methyl sites for hydroxylation is 3. The summed E-state index contributed by atoms with van der Waals surface area (Å²) in [4.78, 5) is 15.3. The molecule has 0 unspecified atom stereocenters. The standard InChI is InChI=1S/C21H33N3O4S/c1-16-13-17(2)20(18(3)14-16)29(26,27)24-7-4-5-19(15-24)21(25)22-6-8-23-9-11-28-12-10-23/h13-14,19H,4-12,15H2,1-3H3,(H,22,25)/t19-/m0/s1. The number of carbonyl (C=O) groups excluding carboxylic acids is 1. The van der Waals surface area contributed by atoms with Gasteiger partial charge >= 0.3 is 0 Å². The average Bonchev–Trinajstić information content (AvgIpc) is 2.68. The Hall–Kier alpha value is -1.48. The van der Waals surface area contributed by atoms with Gasteiger partial charge in [-0.15, -0.1) is 0 Å². The van der Waals surface area contributed by atoms with E-state index in [0.29, 0.717) is 24.4 Å². The van der Waals surface area contributed by atoms with Crippen molar-refractivity contribution in [2.75, 3.05) is 52.5 Å². The van der Waals surface area contributed by atoms with Crippen molar-refractivity contribution in [3.8, 4) is 0 Å². The fourth-order valence-electron chi connectivity index (χ4n) is 4.38. The number of sulfonamides is 1. The highest BCUT2D eigenvalue weighted by molar-refractivity contribution is 7.89. The molecule has 1 N–H and O–H groups in total. The zero-order valence-electron chi connectivity index (χ0n) is 17.7. The molecule has 2 aliphatic rings. The van der Waals surface area contributed by atoms with E-state index >= 15 is 0 Å². The van der Waals surface area contributed by atoms with Crippen molar-refractivity contribution < 1.29 is 17.9 Å². The van der Waals surface area contributed by atoms with E-state index in [1.165, 1.54) is 4.31 Å². The lowest BCUT2D eigenvalue weighted by Gasteiger charge is -2.32. The molecule has 0 aromatic heterocycles. The van der Waals surface area contributed by atoms with E-state index in [0.717, 1.165) is 56.0 Å². The number of amides is 1. The number of hydrogen-bond donors (Lipinski definition) is 1. The predicted molar refractivity (Wildman–Crippen MR) is 112 cm³/mol. The highest BCUT2D eigenvalue weighted by Crippen LogP contribution is 2.28. The van der Waals surface area contributed by atoms with Gasteiger partial charge in [-0.1, -0.05) is 17.7 Å². The van der Waals surface area contributed by atoms with Crippen LogP contribution in [0.25, 0.3) is 0 Å². The minimum atomic E-state index is -3.61. The first-order valence-corrected chi connectivity index (χ1v) is 11.9. The van der Waals surface area contributed by atoms with Gasteiger partial charge in [0.1, 0.15) is 0 Å². The SMILES string of the molecule is Cc1cc(C)c(S(=O)(=O)N2CCC[C@H](C(=O)NCCN3CCOCC3)C2)c(C)c1. The van der Waals surface area contributed by atoms with Gasteiger partial charge in [-0.25, -0.2) is 8.42 Å². The summed E-state index contributed by atoms with van der Waals surface area (Å²) in [5.41, 5.74) is 2.58. The average molecular weight is 424 g/mol. The van der Waals surface area contributed by atoms with E-state index in [1.54, 1.807) is 0 Å². The third kappa shape index (κ3) is 5.36. The van der Waals surface area contributed by atoms with Crippen molar-refractivity contribution >= 4 is 15.9 Å². The fourth-order valence-corrected chi connectivity index (χ4v) is 6.32. The monoisotopic (exact) mass is 423 g/mol. The second-order valence-electron chi connectivity index (χ2n) is 8.18. The topological polar surface area (TPSA) is 79.0 Å². The summed E-state index contributed by atoms with van der Waals surface area (Å²) in [6, 6.07) is 3.80. The minimum Gasteiger partial charge on any atom is -0.379 e. The Balaban J connectivity index is 1.61. The number of nitrogens with one attached hydrogen (secondary N) is 1. The van der Waals surface area contributed by atoms with Crippen LogP contribution >= 0.6 is 0 Å². The number of carbonyl (C=O) groups is 1. The second-order valence-corrected chi connectivity index (χ2v) is 10.0. The zero-order valence-corrected chi connectivity index (χ0v) is 18.6. The van der Waals surface area contributed by atoms with Crippen LogP contribution < -0.4 is 5.32 Å². The first-order valence-electron chi connectivity index (χ1n) is 10.4.